The minimum atomic E-state index is -0.686. The molecule has 1 aromatic carbocycles. The molecule has 1 atom stereocenters. The lowest BCUT2D eigenvalue weighted by atomic mass is 10.1. The summed E-state index contributed by atoms with van der Waals surface area (Å²) in [6.07, 6.45) is 1.18. The van der Waals surface area contributed by atoms with E-state index in [4.69, 9.17) is 0 Å². The van der Waals surface area contributed by atoms with E-state index >= 15 is 0 Å². The maximum Gasteiger partial charge on any atom is 0.239 e. The van der Waals surface area contributed by atoms with Crippen LogP contribution in [-0.2, 0) is 14.4 Å². The van der Waals surface area contributed by atoms with Crippen LogP contribution in [-0.4, -0.2) is 60.2 Å². The van der Waals surface area contributed by atoms with Gasteiger partial charge in [0.15, 0.2) is 0 Å². The van der Waals surface area contributed by atoms with Crippen LogP contribution in [0.15, 0.2) is 24.3 Å². The summed E-state index contributed by atoms with van der Waals surface area (Å²) in [6, 6.07) is 5.72. The average Bonchev–Trinajstić information content (AvgIpc) is 2.82. The van der Waals surface area contributed by atoms with E-state index in [-0.39, 0.29) is 23.5 Å². The maximum absolute atomic E-state index is 13.1. The van der Waals surface area contributed by atoms with Crippen molar-refractivity contribution in [3.05, 3.63) is 30.1 Å². The molecule has 0 spiro atoms. The normalized spacial score (nSPS) is 21.4. The Kier molecular flexibility index (Phi) is 5.01. The molecule has 0 unspecified atom stereocenters. The van der Waals surface area contributed by atoms with Crippen molar-refractivity contribution in [1.29, 1.82) is 0 Å². The van der Waals surface area contributed by atoms with Crippen LogP contribution in [0.25, 0.3) is 0 Å². The largest absolute Gasteiger partial charge is 0.341 e. The van der Waals surface area contributed by atoms with E-state index in [1.54, 1.807) is 26.8 Å². The summed E-state index contributed by atoms with van der Waals surface area (Å²) in [5.41, 5.74) is 0.611. The molecule has 0 N–H and O–H groups in total. The summed E-state index contributed by atoms with van der Waals surface area (Å²) in [4.78, 5) is 41.9. The second kappa shape index (κ2) is 7.21. The number of amides is 3. The molecule has 3 rings (SSSR count). The average molecular weight is 347 g/mol. The SMILES string of the molecule is CC(=O)N1CCCN(C(=O)[C@H]2CCN(c3ccc(F)cc3)C2=O)CC1. The maximum atomic E-state index is 13.1. The van der Waals surface area contributed by atoms with Crippen LogP contribution in [0.1, 0.15) is 19.8 Å². The summed E-state index contributed by atoms with van der Waals surface area (Å²) >= 11 is 0. The molecule has 6 nitrogen and oxygen atoms in total. The molecule has 2 saturated heterocycles. The molecule has 2 aliphatic rings. The molecule has 0 aromatic heterocycles. The number of hydrogen-bond acceptors (Lipinski definition) is 3. The summed E-state index contributed by atoms with van der Waals surface area (Å²) in [5, 5.41) is 0. The van der Waals surface area contributed by atoms with Crippen molar-refractivity contribution < 1.29 is 18.8 Å². The fourth-order valence-electron chi connectivity index (χ4n) is 3.46. The first-order valence-electron chi connectivity index (χ1n) is 8.58. The lowest BCUT2D eigenvalue weighted by Crippen LogP contribution is -2.42. The van der Waals surface area contributed by atoms with E-state index in [2.05, 4.69) is 0 Å². The molecular weight excluding hydrogens is 325 g/mol. The van der Waals surface area contributed by atoms with Crippen LogP contribution in [0.2, 0.25) is 0 Å². The van der Waals surface area contributed by atoms with Gasteiger partial charge in [0.1, 0.15) is 11.7 Å². The molecule has 2 heterocycles. The predicted molar refractivity (Wildman–Crippen MR) is 90.3 cm³/mol. The first-order valence-corrected chi connectivity index (χ1v) is 8.58. The summed E-state index contributed by atoms with van der Waals surface area (Å²) in [7, 11) is 0. The van der Waals surface area contributed by atoms with Crippen LogP contribution >= 0.6 is 0 Å². The molecule has 2 fully saturated rings. The Morgan fingerprint density at radius 1 is 1.00 bits per heavy atom. The van der Waals surface area contributed by atoms with Gasteiger partial charge in [-0.2, -0.15) is 0 Å². The minimum Gasteiger partial charge on any atom is -0.341 e. The number of carbonyl (C=O) groups is 3. The number of nitrogens with zero attached hydrogens (tertiary/aromatic N) is 3. The minimum absolute atomic E-state index is 0.00808. The van der Waals surface area contributed by atoms with Crippen molar-refractivity contribution in [2.45, 2.75) is 19.8 Å². The molecule has 25 heavy (non-hydrogen) atoms. The van der Waals surface area contributed by atoms with Gasteiger partial charge in [-0.05, 0) is 37.1 Å². The molecule has 0 bridgehead atoms. The van der Waals surface area contributed by atoms with Gasteiger partial charge in [0.25, 0.3) is 0 Å². The van der Waals surface area contributed by atoms with E-state index < -0.39 is 5.92 Å². The van der Waals surface area contributed by atoms with Crippen molar-refractivity contribution in [2.75, 3.05) is 37.6 Å². The van der Waals surface area contributed by atoms with Gasteiger partial charge in [0.05, 0.1) is 0 Å². The van der Waals surface area contributed by atoms with Crippen molar-refractivity contribution in [1.82, 2.24) is 9.80 Å². The fraction of sp³-hybridized carbons (Fsp3) is 0.500. The predicted octanol–water partition coefficient (Wildman–Crippen LogP) is 1.26. The van der Waals surface area contributed by atoms with E-state index in [0.29, 0.717) is 51.3 Å². The summed E-state index contributed by atoms with van der Waals surface area (Å²) < 4.78 is 13.1. The first kappa shape index (κ1) is 17.4. The van der Waals surface area contributed by atoms with Crippen molar-refractivity contribution >= 4 is 23.4 Å². The molecule has 7 heteroatoms. The fourth-order valence-corrected chi connectivity index (χ4v) is 3.46. The van der Waals surface area contributed by atoms with Crippen LogP contribution in [0.4, 0.5) is 10.1 Å². The molecule has 0 aliphatic carbocycles. The molecular formula is C18H22FN3O3. The number of rotatable bonds is 2. The lowest BCUT2D eigenvalue weighted by molar-refractivity contribution is -0.140. The van der Waals surface area contributed by atoms with Gasteiger partial charge >= 0.3 is 0 Å². The molecule has 134 valence electrons. The lowest BCUT2D eigenvalue weighted by Gasteiger charge is -2.24. The number of halogens is 1. The first-order chi connectivity index (χ1) is 12.0. The number of benzene rings is 1. The van der Waals surface area contributed by atoms with Crippen molar-refractivity contribution in [3.63, 3.8) is 0 Å². The number of anilines is 1. The van der Waals surface area contributed by atoms with Gasteiger partial charge < -0.3 is 14.7 Å². The zero-order valence-electron chi connectivity index (χ0n) is 14.3. The van der Waals surface area contributed by atoms with Crippen LogP contribution in [0.3, 0.4) is 0 Å². The third-order valence-electron chi connectivity index (χ3n) is 4.89. The topological polar surface area (TPSA) is 60.9 Å². The quantitative estimate of drug-likeness (QED) is 0.757. The van der Waals surface area contributed by atoms with Crippen LogP contribution in [0.5, 0.6) is 0 Å². The Bertz CT molecular complexity index is 677. The zero-order chi connectivity index (χ0) is 18.0. The Morgan fingerprint density at radius 3 is 2.32 bits per heavy atom. The highest BCUT2D eigenvalue weighted by Gasteiger charge is 2.40. The summed E-state index contributed by atoms with van der Waals surface area (Å²) in [5.74, 6) is -1.44. The third-order valence-corrected chi connectivity index (χ3v) is 4.89. The van der Waals surface area contributed by atoms with Gasteiger partial charge in [0, 0.05) is 45.3 Å². The van der Waals surface area contributed by atoms with E-state index in [1.165, 1.54) is 19.1 Å². The van der Waals surface area contributed by atoms with Gasteiger partial charge in [-0.1, -0.05) is 0 Å². The van der Waals surface area contributed by atoms with Gasteiger partial charge in [0.2, 0.25) is 17.7 Å². The van der Waals surface area contributed by atoms with Crippen LogP contribution in [0, 0.1) is 11.7 Å². The molecule has 2 aliphatic heterocycles. The second-order valence-corrected chi connectivity index (χ2v) is 6.49. The Balaban J connectivity index is 1.66. The van der Waals surface area contributed by atoms with Crippen molar-refractivity contribution in [2.24, 2.45) is 5.92 Å². The highest BCUT2D eigenvalue weighted by molar-refractivity contribution is 6.09. The van der Waals surface area contributed by atoms with Crippen molar-refractivity contribution in [3.8, 4) is 0 Å². The number of hydrogen-bond donors (Lipinski definition) is 0. The Hall–Kier alpha value is -2.44. The molecule has 0 radical (unpaired) electrons. The van der Waals surface area contributed by atoms with Gasteiger partial charge in [-0.15, -0.1) is 0 Å². The van der Waals surface area contributed by atoms with E-state index in [9.17, 15) is 18.8 Å². The Morgan fingerprint density at radius 2 is 1.64 bits per heavy atom. The zero-order valence-corrected chi connectivity index (χ0v) is 14.3. The highest BCUT2D eigenvalue weighted by Crippen LogP contribution is 2.27. The monoisotopic (exact) mass is 347 g/mol. The summed E-state index contributed by atoms with van der Waals surface area (Å²) in [6.45, 7) is 4.14. The molecule has 0 saturated carbocycles. The second-order valence-electron chi connectivity index (χ2n) is 6.49. The van der Waals surface area contributed by atoms with E-state index in [0.717, 1.165) is 0 Å². The standard InChI is InChI=1S/C18H22FN3O3/c1-13(23)20-8-2-9-21(12-11-20)17(24)16-7-10-22(18(16)25)15-5-3-14(19)4-6-15/h3-6,16H,2,7-12H2,1H3/t16-/m1/s1. The van der Waals surface area contributed by atoms with Gasteiger partial charge in [-0.3, -0.25) is 14.4 Å². The molecule has 1 aromatic rings. The van der Waals surface area contributed by atoms with E-state index in [1.807, 2.05) is 0 Å². The highest BCUT2D eigenvalue weighted by atomic mass is 19.1. The van der Waals surface area contributed by atoms with Gasteiger partial charge in [-0.25, -0.2) is 4.39 Å². The molecule has 3 amide bonds. The van der Waals surface area contributed by atoms with Crippen LogP contribution < -0.4 is 4.90 Å². The number of carbonyl (C=O) groups excluding carboxylic acids is 3. The third kappa shape index (κ3) is 3.65. The smallest absolute Gasteiger partial charge is 0.239 e. The Labute approximate surface area is 146 Å².